The first-order valence-corrected chi connectivity index (χ1v) is 30.0. The number of aliphatic carboxylic acids is 2. The van der Waals surface area contributed by atoms with E-state index in [1.165, 1.54) is 144 Å². The SMILES string of the molecule is Cc1cc(-c2ccc(-c3ccc(-c4ccc(-c5ccc(-c6ccc(-c7ccc(-c8ccc(-c9ccccc9C)c(C)c8)cc7C)c(C)c6)cc5C)c(C)c4)cc3C)c(C)c2)ccc1-c1ccc(OCCOCCOCCN(CC(=O)O)CC(=O)O)cc1. The third-order valence-corrected chi connectivity index (χ3v) is 16.8. The molecule has 0 bridgehead atoms. The normalized spacial score (nSPS) is 11.3. The molecular formula is C79H77NO7. The third kappa shape index (κ3) is 14.6. The van der Waals surface area contributed by atoms with Crippen molar-refractivity contribution < 1.29 is 34.0 Å². The molecule has 87 heavy (non-hydrogen) atoms. The number of rotatable bonds is 23. The lowest BCUT2D eigenvalue weighted by atomic mass is 9.88. The van der Waals surface area contributed by atoms with Crippen molar-refractivity contribution in [2.45, 2.75) is 62.3 Å². The van der Waals surface area contributed by atoms with Crippen molar-refractivity contribution in [2.24, 2.45) is 0 Å². The van der Waals surface area contributed by atoms with Crippen LogP contribution in [0.2, 0.25) is 0 Å². The van der Waals surface area contributed by atoms with Crippen LogP contribution in [0.15, 0.2) is 194 Å². The van der Waals surface area contributed by atoms with Crippen molar-refractivity contribution in [3.63, 3.8) is 0 Å². The van der Waals surface area contributed by atoms with Gasteiger partial charge in [-0.3, -0.25) is 14.5 Å². The second kappa shape index (κ2) is 27.5. The number of carbonyl (C=O) groups is 2. The molecule has 440 valence electrons. The summed E-state index contributed by atoms with van der Waals surface area (Å²) in [5, 5.41) is 17.9. The molecule has 0 aromatic heterocycles. The van der Waals surface area contributed by atoms with E-state index < -0.39 is 11.9 Å². The highest BCUT2D eigenvalue weighted by Gasteiger charge is 2.17. The molecule has 10 aromatic carbocycles. The van der Waals surface area contributed by atoms with Crippen LogP contribution < -0.4 is 4.74 Å². The molecule has 10 rings (SSSR count). The van der Waals surface area contributed by atoms with Gasteiger partial charge in [0.2, 0.25) is 0 Å². The Morgan fingerprint density at radius 3 is 0.862 bits per heavy atom. The molecule has 0 atom stereocenters. The Bertz CT molecular complexity index is 4140. The van der Waals surface area contributed by atoms with Gasteiger partial charge in [-0.1, -0.05) is 182 Å². The Morgan fingerprint density at radius 2 is 0.563 bits per heavy atom. The molecule has 0 unspecified atom stereocenters. The van der Waals surface area contributed by atoms with Crippen LogP contribution in [0.4, 0.5) is 0 Å². The lowest BCUT2D eigenvalue weighted by Crippen LogP contribution is -2.37. The molecule has 0 fully saturated rings. The molecule has 0 radical (unpaired) electrons. The first-order chi connectivity index (χ1) is 42.0. The molecule has 0 heterocycles. The number of ether oxygens (including phenoxy) is 3. The maximum absolute atomic E-state index is 11.0. The highest BCUT2D eigenvalue weighted by molar-refractivity contribution is 5.84. The predicted octanol–water partition coefficient (Wildman–Crippen LogP) is 18.3. The summed E-state index contributed by atoms with van der Waals surface area (Å²) in [6.45, 7) is 21.0. The lowest BCUT2D eigenvalue weighted by Gasteiger charge is -2.17. The molecular weight excluding hydrogens is 1070 g/mol. The lowest BCUT2D eigenvalue weighted by molar-refractivity contribution is -0.142. The van der Waals surface area contributed by atoms with Gasteiger partial charge in [0.15, 0.2) is 0 Å². The van der Waals surface area contributed by atoms with Crippen LogP contribution in [-0.4, -0.2) is 79.7 Å². The van der Waals surface area contributed by atoms with Crippen LogP contribution in [0, 0.1) is 62.3 Å². The number of carboxylic acid groups (broad SMARTS) is 2. The third-order valence-electron chi connectivity index (χ3n) is 16.8. The van der Waals surface area contributed by atoms with Gasteiger partial charge >= 0.3 is 11.9 Å². The quantitative estimate of drug-likeness (QED) is 0.0610. The molecule has 0 aliphatic heterocycles. The topological polar surface area (TPSA) is 106 Å². The van der Waals surface area contributed by atoms with E-state index in [4.69, 9.17) is 24.4 Å². The van der Waals surface area contributed by atoms with Crippen molar-refractivity contribution in [1.29, 1.82) is 0 Å². The zero-order chi connectivity index (χ0) is 61.3. The van der Waals surface area contributed by atoms with Gasteiger partial charge < -0.3 is 24.4 Å². The Morgan fingerprint density at radius 1 is 0.299 bits per heavy atom. The smallest absolute Gasteiger partial charge is 0.317 e. The number of carboxylic acids is 2. The minimum absolute atomic E-state index is 0.201. The maximum atomic E-state index is 11.0. The average Bonchev–Trinajstić information content (AvgIpc) is 1.64. The number of nitrogens with zero attached hydrogens (tertiary/aromatic N) is 1. The van der Waals surface area contributed by atoms with Crippen LogP contribution in [0.1, 0.15) is 50.1 Å². The van der Waals surface area contributed by atoms with E-state index in [1.807, 2.05) is 12.1 Å². The van der Waals surface area contributed by atoms with E-state index in [9.17, 15) is 9.59 Å². The molecule has 0 aliphatic rings. The summed E-state index contributed by atoms with van der Waals surface area (Å²) >= 11 is 0. The van der Waals surface area contributed by atoms with Gasteiger partial charge in [-0.2, -0.15) is 0 Å². The molecule has 0 spiro atoms. The van der Waals surface area contributed by atoms with E-state index in [-0.39, 0.29) is 26.2 Å². The summed E-state index contributed by atoms with van der Waals surface area (Å²) in [5.41, 5.74) is 33.3. The average molecular weight is 1150 g/mol. The summed E-state index contributed by atoms with van der Waals surface area (Å²) in [7, 11) is 0. The van der Waals surface area contributed by atoms with Gasteiger partial charge in [0, 0.05) is 6.54 Å². The summed E-state index contributed by atoms with van der Waals surface area (Å²) in [6.07, 6.45) is 0. The fraction of sp³-hybridized carbons (Fsp3) is 0.215. The second-order valence-electron chi connectivity index (χ2n) is 23.1. The van der Waals surface area contributed by atoms with Crippen molar-refractivity contribution in [1.82, 2.24) is 4.90 Å². The summed E-state index contributed by atoms with van der Waals surface area (Å²) in [6, 6.07) is 71.4. The zero-order valence-electron chi connectivity index (χ0n) is 51.5. The number of benzene rings is 10. The molecule has 0 amide bonds. The maximum Gasteiger partial charge on any atom is 0.317 e. The predicted molar refractivity (Wildman–Crippen MR) is 357 cm³/mol. The van der Waals surface area contributed by atoms with Gasteiger partial charge in [-0.05, 0) is 225 Å². The molecule has 2 N–H and O–H groups in total. The largest absolute Gasteiger partial charge is 0.491 e. The van der Waals surface area contributed by atoms with Crippen LogP contribution in [-0.2, 0) is 19.1 Å². The first kappa shape index (κ1) is 60.9. The van der Waals surface area contributed by atoms with Gasteiger partial charge in [0.05, 0.1) is 39.5 Å². The Kier molecular flexibility index (Phi) is 19.2. The van der Waals surface area contributed by atoms with Crippen molar-refractivity contribution in [3.8, 4) is 106 Å². The van der Waals surface area contributed by atoms with Crippen LogP contribution in [0.5, 0.6) is 5.75 Å². The van der Waals surface area contributed by atoms with Crippen molar-refractivity contribution in [3.05, 3.63) is 244 Å². The summed E-state index contributed by atoms with van der Waals surface area (Å²) < 4.78 is 17.0. The fourth-order valence-corrected chi connectivity index (χ4v) is 12.1. The van der Waals surface area contributed by atoms with Crippen LogP contribution in [0.3, 0.4) is 0 Å². The van der Waals surface area contributed by atoms with Crippen molar-refractivity contribution in [2.75, 3.05) is 52.7 Å². The number of hydrogen-bond donors (Lipinski definition) is 2. The molecule has 0 aliphatic carbocycles. The highest BCUT2D eigenvalue weighted by atomic mass is 16.5. The molecule has 0 saturated heterocycles. The molecule has 10 aromatic rings. The Labute approximate surface area is 513 Å². The van der Waals surface area contributed by atoms with Crippen molar-refractivity contribution >= 4 is 11.9 Å². The fourth-order valence-electron chi connectivity index (χ4n) is 12.1. The van der Waals surface area contributed by atoms with Gasteiger partial charge in [0.1, 0.15) is 12.4 Å². The minimum Gasteiger partial charge on any atom is -0.491 e. The summed E-state index contributed by atoms with van der Waals surface area (Å²) in [4.78, 5) is 23.2. The van der Waals surface area contributed by atoms with Gasteiger partial charge in [-0.25, -0.2) is 0 Å². The van der Waals surface area contributed by atoms with E-state index in [0.29, 0.717) is 26.4 Å². The molecule has 8 heteroatoms. The van der Waals surface area contributed by atoms with E-state index >= 15 is 0 Å². The summed E-state index contributed by atoms with van der Waals surface area (Å²) in [5.74, 6) is -1.42. The minimum atomic E-state index is -1.08. The van der Waals surface area contributed by atoms with E-state index in [2.05, 4.69) is 244 Å². The monoisotopic (exact) mass is 1150 g/mol. The van der Waals surface area contributed by atoms with Gasteiger partial charge in [0.25, 0.3) is 0 Å². The molecule has 8 nitrogen and oxygen atoms in total. The van der Waals surface area contributed by atoms with Gasteiger partial charge in [-0.15, -0.1) is 0 Å². The van der Waals surface area contributed by atoms with E-state index in [1.54, 1.807) is 0 Å². The number of hydrogen-bond acceptors (Lipinski definition) is 6. The second-order valence-corrected chi connectivity index (χ2v) is 23.1. The first-order valence-electron chi connectivity index (χ1n) is 30.0. The number of aryl methyl sites for hydroxylation is 9. The highest BCUT2D eigenvalue weighted by Crippen LogP contribution is 2.39. The standard InChI is InChI=1S/C79H77NO7/c1-50-12-10-11-13-70(50)71-27-17-62(41-52(71)3)63-19-29-74(54(5)43-63)75-31-21-66(45-56(75)7)67-23-33-77(58(9)47-67)76-32-22-65(46-57(76)8)64-20-30-73(55(6)44-64)72-28-18-61(42-53(72)4)60-16-26-69(51(2)40-60)59-14-24-68(25-15-59)87-39-38-86-37-36-85-35-34-80(48-78(81)82)49-79(83)84/h10-33,40-47H,34-39,48-49H2,1-9H3,(H,81,82)(H,83,84). The Balaban J connectivity index is 0.731. The van der Waals surface area contributed by atoms with Crippen LogP contribution >= 0.6 is 0 Å². The Hall–Kier alpha value is -9.18. The molecule has 0 saturated carbocycles. The van der Waals surface area contributed by atoms with E-state index in [0.717, 1.165) is 16.9 Å². The zero-order valence-corrected chi connectivity index (χ0v) is 51.5. The van der Waals surface area contributed by atoms with Crippen LogP contribution in [0.25, 0.3) is 100 Å².